The van der Waals surface area contributed by atoms with Crippen molar-refractivity contribution in [1.82, 2.24) is 10.2 Å². The van der Waals surface area contributed by atoms with E-state index < -0.39 is 16.1 Å². The first-order valence-corrected chi connectivity index (χ1v) is 13.6. The van der Waals surface area contributed by atoms with Gasteiger partial charge in [0.25, 0.3) is 0 Å². The molecule has 0 radical (unpaired) electrons. The summed E-state index contributed by atoms with van der Waals surface area (Å²) in [5.41, 5.74) is 2.36. The molecule has 10 heteroatoms. The molecular weight excluding hydrogens is 490 g/mol. The third-order valence-electron chi connectivity index (χ3n) is 5.70. The van der Waals surface area contributed by atoms with E-state index in [1.807, 2.05) is 38.1 Å². The van der Waals surface area contributed by atoms with E-state index >= 15 is 0 Å². The van der Waals surface area contributed by atoms with Gasteiger partial charge in [-0.05, 0) is 56.5 Å². The zero-order valence-electron chi connectivity index (χ0n) is 20.9. The highest BCUT2D eigenvalue weighted by Crippen LogP contribution is 2.30. The van der Waals surface area contributed by atoms with Crippen LogP contribution in [0.2, 0.25) is 5.02 Å². The molecule has 2 aromatic rings. The number of carbonyl (C=O) groups excluding carboxylic acids is 2. The van der Waals surface area contributed by atoms with Crippen LogP contribution in [0, 0.1) is 6.92 Å². The fraction of sp³-hybridized carbons (Fsp3) is 0.440. The van der Waals surface area contributed by atoms with Crippen LogP contribution in [0.5, 0.6) is 5.75 Å². The van der Waals surface area contributed by atoms with Gasteiger partial charge in [0.2, 0.25) is 21.8 Å². The number of carbonyl (C=O) groups is 2. The van der Waals surface area contributed by atoms with Crippen molar-refractivity contribution < 1.29 is 22.7 Å². The Labute approximate surface area is 213 Å². The lowest BCUT2D eigenvalue weighted by Gasteiger charge is -2.30. The zero-order chi connectivity index (χ0) is 26.2. The Balaban J connectivity index is 2.19. The molecule has 0 saturated carbocycles. The van der Waals surface area contributed by atoms with Crippen LogP contribution in [0.4, 0.5) is 5.69 Å². The number of hydrogen-bond acceptors (Lipinski definition) is 5. The molecule has 1 unspecified atom stereocenters. The predicted molar refractivity (Wildman–Crippen MR) is 139 cm³/mol. The molecule has 0 saturated heterocycles. The molecule has 0 bridgehead atoms. The third-order valence-corrected chi connectivity index (χ3v) is 7.19. The minimum absolute atomic E-state index is 0.0749. The molecule has 2 amide bonds. The molecule has 0 aliphatic carbocycles. The number of benzene rings is 2. The Kier molecular flexibility index (Phi) is 10.4. The fourth-order valence-corrected chi connectivity index (χ4v) is 4.90. The maximum atomic E-state index is 13.3. The Bertz CT molecular complexity index is 1140. The van der Waals surface area contributed by atoms with E-state index in [1.165, 1.54) is 17.5 Å². The lowest BCUT2D eigenvalue weighted by atomic mass is 10.1. The van der Waals surface area contributed by atoms with E-state index in [-0.39, 0.29) is 42.8 Å². The monoisotopic (exact) mass is 523 g/mol. The number of sulfonamides is 1. The second kappa shape index (κ2) is 12.8. The number of aryl methyl sites for hydroxylation is 1. The van der Waals surface area contributed by atoms with Crippen LogP contribution in [-0.2, 0) is 26.2 Å². The minimum atomic E-state index is -3.62. The molecule has 1 atom stereocenters. The molecule has 0 spiro atoms. The Morgan fingerprint density at radius 2 is 1.86 bits per heavy atom. The molecule has 0 aromatic heterocycles. The SMILES string of the molecule is CCNC(=O)C(C)N(Cc1ccccc1C)C(=O)CCCN(c1ccc(OC)c(Cl)c1)S(C)(=O)=O. The van der Waals surface area contributed by atoms with Crippen molar-refractivity contribution in [3.63, 3.8) is 0 Å². The second-order valence-corrected chi connectivity index (χ2v) is 10.6. The van der Waals surface area contributed by atoms with E-state index in [4.69, 9.17) is 16.3 Å². The number of nitrogens with zero attached hydrogens (tertiary/aromatic N) is 2. The first kappa shape index (κ1) is 28.5. The maximum absolute atomic E-state index is 13.3. The highest BCUT2D eigenvalue weighted by molar-refractivity contribution is 7.92. The topological polar surface area (TPSA) is 96.0 Å². The summed E-state index contributed by atoms with van der Waals surface area (Å²) in [6.07, 6.45) is 1.45. The summed E-state index contributed by atoms with van der Waals surface area (Å²) in [5.74, 6) is -0.0291. The van der Waals surface area contributed by atoms with Gasteiger partial charge in [0, 0.05) is 26.1 Å². The molecular formula is C25H34ClN3O5S. The van der Waals surface area contributed by atoms with Gasteiger partial charge in [0.15, 0.2) is 0 Å². The van der Waals surface area contributed by atoms with Crippen LogP contribution in [0.3, 0.4) is 0 Å². The van der Waals surface area contributed by atoms with Crippen LogP contribution >= 0.6 is 11.6 Å². The standard InChI is InChI=1S/C25H34ClN3O5S/c1-6-27-25(31)19(3)28(17-20-11-8-7-10-18(20)2)24(30)12-9-15-29(35(5,32)33)21-13-14-23(34-4)22(26)16-21/h7-8,10-11,13-14,16,19H,6,9,12,15,17H2,1-5H3,(H,27,31). The van der Waals surface area contributed by atoms with Gasteiger partial charge >= 0.3 is 0 Å². The molecule has 2 rings (SSSR count). The first-order chi connectivity index (χ1) is 16.5. The number of ether oxygens (including phenoxy) is 1. The van der Waals surface area contributed by atoms with E-state index in [0.29, 0.717) is 18.0 Å². The van der Waals surface area contributed by atoms with Gasteiger partial charge < -0.3 is 15.0 Å². The van der Waals surface area contributed by atoms with Gasteiger partial charge in [-0.2, -0.15) is 0 Å². The number of hydrogen-bond donors (Lipinski definition) is 1. The summed E-state index contributed by atoms with van der Waals surface area (Å²) in [7, 11) is -2.14. The van der Waals surface area contributed by atoms with Gasteiger partial charge in [-0.3, -0.25) is 13.9 Å². The van der Waals surface area contributed by atoms with E-state index in [0.717, 1.165) is 17.4 Å². The number of anilines is 1. The molecule has 1 N–H and O–H groups in total. The normalized spacial score (nSPS) is 12.1. The van der Waals surface area contributed by atoms with Crippen molar-refractivity contribution in [2.45, 2.75) is 46.2 Å². The molecule has 2 aromatic carbocycles. The summed E-state index contributed by atoms with van der Waals surface area (Å²) in [5, 5.41) is 3.06. The van der Waals surface area contributed by atoms with Crippen molar-refractivity contribution in [2.24, 2.45) is 0 Å². The number of methoxy groups -OCH3 is 1. The van der Waals surface area contributed by atoms with Crippen molar-refractivity contribution >= 4 is 39.1 Å². The summed E-state index contributed by atoms with van der Waals surface area (Å²) in [6, 6.07) is 11.7. The average Bonchev–Trinajstić information content (AvgIpc) is 2.80. The second-order valence-electron chi connectivity index (χ2n) is 8.28. The molecule has 0 fully saturated rings. The van der Waals surface area contributed by atoms with Gasteiger partial charge in [0.05, 0.1) is 24.1 Å². The van der Waals surface area contributed by atoms with E-state index in [9.17, 15) is 18.0 Å². The van der Waals surface area contributed by atoms with Crippen molar-refractivity contribution in [3.8, 4) is 5.75 Å². The summed E-state index contributed by atoms with van der Waals surface area (Å²) >= 11 is 6.18. The van der Waals surface area contributed by atoms with Crippen LogP contribution < -0.4 is 14.4 Å². The fourth-order valence-electron chi connectivity index (χ4n) is 3.69. The summed E-state index contributed by atoms with van der Waals surface area (Å²) < 4.78 is 31.3. The van der Waals surface area contributed by atoms with Crippen molar-refractivity contribution in [1.29, 1.82) is 0 Å². The van der Waals surface area contributed by atoms with Gasteiger partial charge in [-0.15, -0.1) is 0 Å². The largest absolute Gasteiger partial charge is 0.495 e. The number of rotatable bonds is 12. The average molecular weight is 524 g/mol. The molecule has 0 heterocycles. The van der Waals surface area contributed by atoms with Gasteiger partial charge in [0.1, 0.15) is 11.8 Å². The predicted octanol–water partition coefficient (Wildman–Crippen LogP) is 3.76. The molecule has 192 valence electrons. The van der Waals surface area contributed by atoms with Crippen molar-refractivity contribution in [3.05, 3.63) is 58.6 Å². The van der Waals surface area contributed by atoms with Crippen LogP contribution in [0.25, 0.3) is 0 Å². The number of halogens is 1. The number of amides is 2. The van der Waals surface area contributed by atoms with Crippen LogP contribution in [-0.4, -0.2) is 57.6 Å². The first-order valence-electron chi connectivity index (χ1n) is 11.4. The summed E-state index contributed by atoms with van der Waals surface area (Å²) in [4.78, 5) is 27.3. The Hall–Kier alpha value is -2.78. The highest BCUT2D eigenvalue weighted by atomic mass is 35.5. The van der Waals surface area contributed by atoms with Crippen LogP contribution in [0.1, 0.15) is 37.8 Å². The summed E-state index contributed by atoms with van der Waals surface area (Å²) in [6.45, 7) is 6.31. The lowest BCUT2D eigenvalue weighted by Crippen LogP contribution is -2.47. The zero-order valence-corrected chi connectivity index (χ0v) is 22.4. The van der Waals surface area contributed by atoms with Gasteiger partial charge in [-0.1, -0.05) is 35.9 Å². The number of nitrogens with one attached hydrogen (secondary N) is 1. The van der Waals surface area contributed by atoms with E-state index in [2.05, 4.69) is 5.32 Å². The maximum Gasteiger partial charge on any atom is 0.242 e. The number of likely N-dealkylation sites (N-methyl/N-ethyl adjacent to an activating group) is 1. The van der Waals surface area contributed by atoms with Crippen LogP contribution in [0.15, 0.2) is 42.5 Å². The minimum Gasteiger partial charge on any atom is -0.495 e. The Morgan fingerprint density at radius 1 is 1.17 bits per heavy atom. The van der Waals surface area contributed by atoms with Crippen molar-refractivity contribution in [2.75, 3.05) is 30.8 Å². The van der Waals surface area contributed by atoms with E-state index in [1.54, 1.807) is 24.0 Å². The quantitative estimate of drug-likeness (QED) is 0.457. The lowest BCUT2D eigenvalue weighted by molar-refractivity contribution is -0.140. The molecule has 35 heavy (non-hydrogen) atoms. The smallest absolute Gasteiger partial charge is 0.242 e. The molecule has 8 nitrogen and oxygen atoms in total. The van der Waals surface area contributed by atoms with Gasteiger partial charge in [-0.25, -0.2) is 8.42 Å². The molecule has 0 aliphatic heterocycles. The Morgan fingerprint density at radius 3 is 2.43 bits per heavy atom. The third kappa shape index (κ3) is 7.86. The highest BCUT2D eigenvalue weighted by Gasteiger charge is 2.26. The molecule has 0 aliphatic rings.